The van der Waals surface area contributed by atoms with Crippen LogP contribution in [-0.2, 0) is 24.7 Å². The number of halogens is 12. The summed E-state index contributed by atoms with van der Waals surface area (Å²) in [6.07, 6.45) is -22.1. The van der Waals surface area contributed by atoms with Gasteiger partial charge in [-0.3, -0.25) is 0 Å². The predicted octanol–water partition coefficient (Wildman–Crippen LogP) is 19.1. The number of aromatic nitrogens is 2. The normalized spacial score (nSPS) is 13.1. The minimum absolute atomic E-state index is 0.0876. The highest BCUT2D eigenvalue weighted by atomic mass is 19.4. The Kier molecular flexibility index (Phi) is 9.43. The van der Waals surface area contributed by atoms with E-state index in [1.807, 2.05) is 0 Å². The standard InChI is InChI=1S/C58H28F12N2O2/c59-55(60,61)31-13-9-11-29(27-31)45-49(57(65,66)67)46(30-12-10-14-32(28-30)56(62,63)64)54(72-40-20-6-2-16-34(40)36-24-26-44-48(52(36)72)38-18-4-8-22-42(38)74-44)50(58(68,69)70)53(45)71-39-19-5-1-15-33(39)35-23-25-43-47(51(35)71)37-17-3-7-21-41(37)73-43/h1-28H. The van der Waals surface area contributed by atoms with Gasteiger partial charge in [0, 0.05) is 43.4 Å². The third-order valence-electron chi connectivity index (χ3n) is 13.8. The second kappa shape index (κ2) is 15.4. The highest BCUT2D eigenvalue weighted by Crippen LogP contribution is 2.58. The Morgan fingerprint density at radius 1 is 0.311 bits per heavy atom. The molecule has 0 N–H and O–H groups in total. The van der Waals surface area contributed by atoms with E-state index in [4.69, 9.17) is 8.83 Å². The number of nitrogens with zero attached hydrogens (tertiary/aromatic N) is 2. The molecule has 16 heteroatoms. The maximum Gasteiger partial charge on any atom is 0.420 e. The monoisotopic (exact) mass is 1010 g/mol. The van der Waals surface area contributed by atoms with E-state index in [9.17, 15) is 26.3 Å². The predicted molar refractivity (Wildman–Crippen MR) is 261 cm³/mol. The van der Waals surface area contributed by atoms with Crippen LogP contribution >= 0.6 is 0 Å². The van der Waals surface area contributed by atoms with Gasteiger partial charge < -0.3 is 18.0 Å². The fourth-order valence-corrected chi connectivity index (χ4v) is 11.0. The molecule has 13 rings (SSSR count). The molecule has 9 aromatic carbocycles. The zero-order chi connectivity index (χ0) is 51.4. The molecule has 366 valence electrons. The first-order valence-corrected chi connectivity index (χ1v) is 22.7. The molecule has 4 nitrogen and oxygen atoms in total. The molecule has 13 aromatic rings. The van der Waals surface area contributed by atoms with Crippen molar-refractivity contribution in [2.45, 2.75) is 24.7 Å². The van der Waals surface area contributed by atoms with E-state index >= 15 is 26.3 Å². The molecule has 0 fully saturated rings. The van der Waals surface area contributed by atoms with Crippen molar-refractivity contribution in [3.05, 3.63) is 192 Å². The lowest BCUT2D eigenvalue weighted by atomic mass is 9.84. The Balaban J connectivity index is 1.40. The van der Waals surface area contributed by atoms with Crippen LogP contribution in [-0.4, -0.2) is 9.13 Å². The molecule has 0 atom stereocenters. The molecule has 0 bridgehead atoms. The van der Waals surface area contributed by atoms with E-state index in [1.54, 1.807) is 84.9 Å². The topological polar surface area (TPSA) is 36.1 Å². The van der Waals surface area contributed by atoms with Crippen molar-refractivity contribution in [1.29, 1.82) is 0 Å². The number of hydrogen-bond acceptors (Lipinski definition) is 2. The molecule has 0 spiro atoms. The van der Waals surface area contributed by atoms with Gasteiger partial charge in [-0.1, -0.05) is 97.1 Å². The molecule has 0 aliphatic rings. The summed E-state index contributed by atoms with van der Waals surface area (Å²) in [6.45, 7) is 0. The Morgan fingerprint density at radius 3 is 1.08 bits per heavy atom. The molecule has 0 saturated heterocycles. The lowest BCUT2D eigenvalue weighted by Gasteiger charge is -2.31. The zero-order valence-electron chi connectivity index (χ0n) is 37.4. The summed E-state index contributed by atoms with van der Waals surface area (Å²) in [4.78, 5) is 0. The summed E-state index contributed by atoms with van der Waals surface area (Å²) in [6, 6.07) is 36.1. The van der Waals surface area contributed by atoms with Crippen molar-refractivity contribution in [3.63, 3.8) is 0 Å². The quantitative estimate of drug-likeness (QED) is 0.165. The molecule has 4 aromatic heterocycles. The van der Waals surface area contributed by atoms with E-state index in [1.165, 1.54) is 36.4 Å². The summed E-state index contributed by atoms with van der Waals surface area (Å²) in [5.74, 6) is 0. The van der Waals surface area contributed by atoms with Crippen LogP contribution in [0.5, 0.6) is 0 Å². The summed E-state index contributed by atoms with van der Waals surface area (Å²) in [5.41, 5.74) is -13.6. The number of hydrogen-bond donors (Lipinski definition) is 0. The van der Waals surface area contributed by atoms with Gasteiger partial charge in [0.05, 0.1) is 60.9 Å². The van der Waals surface area contributed by atoms with Crippen LogP contribution in [0.4, 0.5) is 52.7 Å². The molecular formula is C58H28F12N2O2. The van der Waals surface area contributed by atoms with Crippen LogP contribution in [0.15, 0.2) is 179 Å². The minimum atomic E-state index is -5.84. The number of furan rings is 2. The zero-order valence-corrected chi connectivity index (χ0v) is 37.4. The molecule has 4 heterocycles. The first kappa shape index (κ1) is 45.2. The highest BCUT2D eigenvalue weighted by molar-refractivity contribution is 6.27. The minimum Gasteiger partial charge on any atom is -0.456 e. The van der Waals surface area contributed by atoms with E-state index in [-0.39, 0.29) is 76.7 Å². The van der Waals surface area contributed by atoms with Gasteiger partial charge in [0.15, 0.2) is 0 Å². The SMILES string of the molecule is FC(F)(F)c1cccc(-c2c(-n3c4ccccc4c4ccc5oc6ccccc6c5c43)c(C(F)(F)F)c(-n3c4ccccc4c4ccc5oc6ccccc6c5c43)c(-c3cccc(C(F)(F)F)c3)c2C(F)(F)F)c1. The van der Waals surface area contributed by atoms with Crippen LogP contribution in [0.2, 0.25) is 0 Å². The van der Waals surface area contributed by atoms with Crippen molar-refractivity contribution < 1.29 is 61.5 Å². The van der Waals surface area contributed by atoms with Crippen LogP contribution in [0.3, 0.4) is 0 Å². The van der Waals surface area contributed by atoms with E-state index in [0.717, 1.165) is 33.4 Å². The van der Waals surface area contributed by atoms with Gasteiger partial charge >= 0.3 is 24.7 Å². The van der Waals surface area contributed by atoms with Gasteiger partial charge in [0.2, 0.25) is 0 Å². The molecule has 0 radical (unpaired) electrons. The molecule has 0 saturated carbocycles. The van der Waals surface area contributed by atoms with E-state index in [0.29, 0.717) is 35.0 Å². The van der Waals surface area contributed by atoms with Gasteiger partial charge in [-0.05, 0) is 83.9 Å². The summed E-state index contributed by atoms with van der Waals surface area (Å²) in [5, 5.41) is 2.00. The van der Waals surface area contributed by atoms with Gasteiger partial charge in [-0.2, -0.15) is 52.7 Å². The van der Waals surface area contributed by atoms with Crippen molar-refractivity contribution in [2.75, 3.05) is 0 Å². The number of rotatable bonds is 4. The third kappa shape index (κ3) is 6.59. The number of benzene rings is 9. The molecular weight excluding hydrogens is 985 g/mol. The van der Waals surface area contributed by atoms with Gasteiger partial charge in [-0.15, -0.1) is 0 Å². The second-order valence-corrected chi connectivity index (χ2v) is 17.9. The smallest absolute Gasteiger partial charge is 0.420 e. The van der Waals surface area contributed by atoms with E-state index < -0.39 is 80.6 Å². The van der Waals surface area contributed by atoms with Crippen molar-refractivity contribution >= 4 is 87.5 Å². The molecule has 0 aliphatic heterocycles. The van der Waals surface area contributed by atoms with Crippen molar-refractivity contribution in [3.8, 4) is 33.6 Å². The van der Waals surface area contributed by atoms with Crippen LogP contribution in [0.25, 0.3) is 121 Å². The Morgan fingerprint density at radius 2 is 0.689 bits per heavy atom. The lowest BCUT2D eigenvalue weighted by molar-refractivity contribution is -0.140. The van der Waals surface area contributed by atoms with Gasteiger partial charge in [0.25, 0.3) is 0 Å². The van der Waals surface area contributed by atoms with Crippen molar-refractivity contribution in [2.24, 2.45) is 0 Å². The third-order valence-corrected chi connectivity index (χ3v) is 13.8. The second-order valence-electron chi connectivity index (χ2n) is 17.9. The highest BCUT2D eigenvalue weighted by Gasteiger charge is 2.49. The van der Waals surface area contributed by atoms with Crippen LogP contribution in [0.1, 0.15) is 22.3 Å². The average molecular weight is 1010 g/mol. The van der Waals surface area contributed by atoms with Crippen LogP contribution < -0.4 is 0 Å². The van der Waals surface area contributed by atoms with Gasteiger partial charge in [0.1, 0.15) is 27.9 Å². The summed E-state index contributed by atoms with van der Waals surface area (Å²) in [7, 11) is 0. The average Bonchev–Trinajstić information content (AvgIpc) is 4.12. The number of para-hydroxylation sites is 4. The largest absolute Gasteiger partial charge is 0.456 e. The Labute approximate surface area is 407 Å². The summed E-state index contributed by atoms with van der Waals surface area (Å²) >= 11 is 0. The van der Waals surface area contributed by atoms with Crippen LogP contribution in [0, 0.1) is 0 Å². The molecule has 0 unspecified atom stereocenters. The fraction of sp³-hybridized carbons (Fsp3) is 0.0690. The summed E-state index contributed by atoms with van der Waals surface area (Å²) < 4.78 is 209. The number of alkyl halides is 12. The molecule has 0 amide bonds. The Hall–Kier alpha value is -8.66. The van der Waals surface area contributed by atoms with E-state index in [2.05, 4.69) is 0 Å². The van der Waals surface area contributed by atoms with Crippen molar-refractivity contribution in [1.82, 2.24) is 9.13 Å². The molecule has 0 aliphatic carbocycles. The maximum absolute atomic E-state index is 17.8. The number of fused-ring (bicyclic) bond motifs is 14. The lowest BCUT2D eigenvalue weighted by Crippen LogP contribution is -2.23. The van der Waals surface area contributed by atoms with Gasteiger partial charge in [-0.25, -0.2) is 0 Å². The first-order valence-electron chi connectivity index (χ1n) is 22.7. The maximum atomic E-state index is 17.8. The molecule has 74 heavy (non-hydrogen) atoms. The Bertz CT molecular complexity index is 4230. The first-order chi connectivity index (χ1) is 35.3. The fourth-order valence-electron chi connectivity index (χ4n) is 11.0.